The van der Waals surface area contributed by atoms with Crippen molar-refractivity contribution < 1.29 is 32.0 Å². The van der Waals surface area contributed by atoms with Crippen LogP contribution in [0.4, 0.5) is 28.9 Å². The number of hydrogen-bond donors (Lipinski definition) is 1. The molecule has 0 aliphatic heterocycles. The fourth-order valence-electron chi connectivity index (χ4n) is 2.84. The Hall–Kier alpha value is -3.76. The molecule has 0 heterocycles. The van der Waals surface area contributed by atoms with E-state index in [1.54, 1.807) is 6.07 Å². The summed E-state index contributed by atoms with van der Waals surface area (Å²) in [6.45, 7) is 0. The maximum absolute atomic E-state index is 13.0. The number of nitro benzene ring substituents is 1. The SMILES string of the molecule is N#C/C(=C\c1cc(Br)c(Oc2ccc(C(F)(F)F)cc2[N+](=O)[O-])c(Br)c1)C(=O)Nc1ccc(F)cc1. The molecule has 1 amide bonds. The number of rotatable bonds is 6. The Morgan fingerprint density at radius 3 is 2.22 bits per heavy atom. The van der Waals surface area contributed by atoms with Gasteiger partial charge in [-0.15, -0.1) is 0 Å². The Morgan fingerprint density at radius 2 is 1.69 bits per heavy atom. The molecule has 0 unspecified atom stereocenters. The molecule has 0 saturated carbocycles. The second kappa shape index (κ2) is 10.9. The van der Waals surface area contributed by atoms with Crippen LogP contribution in [-0.2, 0) is 11.0 Å². The maximum atomic E-state index is 13.0. The van der Waals surface area contributed by atoms with Crippen LogP contribution in [0.15, 0.2) is 69.1 Å². The number of carbonyl (C=O) groups excluding carboxylic acids is 1. The average molecular weight is 629 g/mol. The molecule has 0 spiro atoms. The Labute approximate surface area is 217 Å². The van der Waals surface area contributed by atoms with Crippen molar-refractivity contribution >= 4 is 55.2 Å². The molecule has 3 aromatic carbocycles. The van der Waals surface area contributed by atoms with E-state index in [-0.39, 0.29) is 26.0 Å². The first-order chi connectivity index (χ1) is 16.9. The van der Waals surface area contributed by atoms with E-state index in [1.165, 1.54) is 30.3 Å². The number of ether oxygens (including phenoxy) is 1. The van der Waals surface area contributed by atoms with Gasteiger partial charge in [-0.2, -0.15) is 18.4 Å². The molecule has 7 nitrogen and oxygen atoms in total. The standard InChI is InChI=1S/C23H11Br2F4N3O4/c24-17-8-12(7-13(11-30)22(33)31-16-4-2-15(26)3-5-16)9-18(25)21(17)36-20-6-1-14(23(27,28)29)10-19(20)32(34)35/h1-10H,(H,31,33)/b13-7+. The van der Waals surface area contributed by atoms with E-state index in [2.05, 4.69) is 37.2 Å². The molecule has 184 valence electrons. The number of nitrogens with one attached hydrogen (secondary N) is 1. The first-order valence-corrected chi connectivity index (χ1v) is 11.2. The van der Waals surface area contributed by atoms with Gasteiger partial charge in [-0.25, -0.2) is 4.39 Å². The Morgan fingerprint density at radius 1 is 1.08 bits per heavy atom. The van der Waals surface area contributed by atoms with Gasteiger partial charge in [0.15, 0.2) is 5.75 Å². The number of amides is 1. The third kappa shape index (κ3) is 6.46. The molecule has 0 aromatic heterocycles. The largest absolute Gasteiger partial charge is 0.448 e. The fourth-order valence-corrected chi connectivity index (χ4v) is 4.22. The third-order valence-corrected chi connectivity index (χ3v) is 5.67. The summed E-state index contributed by atoms with van der Waals surface area (Å²) in [4.78, 5) is 22.7. The summed E-state index contributed by atoms with van der Waals surface area (Å²) in [5, 5.41) is 23.2. The lowest BCUT2D eigenvalue weighted by molar-refractivity contribution is -0.385. The highest BCUT2D eigenvalue weighted by Gasteiger charge is 2.33. The maximum Gasteiger partial charge on any atom is 0.416 e. The van der Waals surface area contributed by atoms with Crippen LogP contribution in [-0.4, -0.2) is 10.8 Å². The van der Waals surface area contributed by atoms with Gasteiger partial charge in [-0.05, 0) is 92.0 Å². The van der Waals surface area contributed by atoms with Crippen LogP contribution in [0.3, 0.4) is 0 Å². The molecule has 0 aliphatic rings. The van der Waals surface area contributed by atoms with Gasteiger partial charge in [-0.3, -0.25) is 14.9 Å². The minimum atomic E-state index is -4.78. The number of hydrogen-bond acceptors (Lipinski definition) is 5. The predicted octanol–water partition coefficient (Wildman–Crippen LogP) is 7.62. The second-order valence-corrected chi connectivity index (χ2v) is 8.69. The van der Waals surface area contributed by atoms with Crippen LogP contribution < -0.4 is 10.1 Å². The molecule has 0 bridgehead atoms. The number of nitriles is 1. The van der Waals surface area contributed by atoms with Crippen molar-refractivity contribution in [3.05, 3.63) is 96.2 Å². The van der Waals surface area contributed by atoms with E-state index in [1.807, 2.05) is 0 Å². The van der Waals surface area contributed by atoms with Crippen molar-refractivity contribution in [1.82, 2.24) is 0 Å². The minimum absolute atomic E-state index is 0.00396. The highest BCUT2D eigenvalue weighted by molar-refractivity contribution is 9.11. The zero-order chi connectivity index (χ0) is 26.6. The van der Waals surface area contributed by atoms with Crippen LogP contribution in [0.2, 0.25) is 0 Å². The number of carbonyl (C=O) groups is 1. The Kier molecular flexibility index (Phi) is 8.11. The number of anilines is 1. The predicted molar refractivity (Wildman–Crippen MR) is 129 cm³/mol. The monoisotopic (exact) mass is 627 g/mol. The van der Waals surface area contributed by atoms with Gasteiger partial charge in [-0.1, -0.05) is 0 Å². The summed E-state index contributed by atoms with van der Waals surface area (Å²) in [6.07, 6.45) is -3.53. The summed E-state index contributed by atoms with van der Waals surface area (Å²) in [5.41, 5.74) is -1.77. The van der Waals surface area contributed by atoms with Gasteiger partial charge in [0, 0.05) is 11.8 Å². The quantitative estimate of drug-likeness (QED) is 0.0994. The van der Waals surface area contributed by atoms with Crippen LogP contribution in [0.5, 0.6) is 11.5 Å². The topological polar surface area (TPSA) is 105 Å². The highest BCUT2D eigenvalue weighted by atomic mass is 79.9. The van der Waals surface area contributed by atoms with Crippen LogP contribution in [0.25, 0.3) is 6.08 Å². The minimum Gasteiger partial charge on any atom is -0.448 e. The van der Waals surface area contributed by atoms with Gasteiger partial charge in [0.2, 0.25) is 5.75 Å². The van der Waals surface area contributed by atoms with E-state index in [0.717, 1.165) is 18.2 Å². The van der Waals surface area contributed by atoms with Crippen LogP contribution >= 0.6 is 31.9 Å². The van der Waals surface area contributed by atoms with E-state index in [4.69, 9.17) is 4.74 Å². The molecule has 0 atom stereocenters. The molecule has 1 N–H and O–H groups in total. The van der Waals surface area contributed by atoms with Crippen molar-refractivity contribution in [3.8, 4) is 17.6 Å². The van der Waals surface area contributed by atoms with Gasteiger partial charge in [0.05, 0.1) is 19.4 Å². The average Bonchev–Trinajstić information content (AvgIpc) is 2.80. The molecular formula is C23H11Br2F4N3O4. The van der Waals surface area contributed by atoms with Gasteiger partial charge in [0.1, 0.15) is 17.5 Å². The first kappa shape index (κ1) is 26.8. The lowest BCUT2D eigenvalue weighted by atomic mass is 10.1. The fraction of sp³-hybridized carbons (Fsp3) is 0.0435. The summed E-state index contributed by atoms with van der Waals surface area (Å²) < 4.78 is 57.8. The van der Waals surface area contributed by atoms with Crippen molar-refractivity contribution in [2.75, 3.05) is 5.32 Å². The zero-order valence-electron chi connectivity index (χ0n) is 17.6. The number of benzene rings is 3. The van der Waals surface area contributed by atoms with E-state index >= 15 is 0 Å². The number of halogens is 6. The van der Waals surface area contributed by atoms with Crippen LogP contribution in [0, 0.1) is 27.3 Å². The number of nitrogens with zero attached hydrogens (tertiary/aromatic N) is 2. The molecule has 3 rings (SSSR count). The van der Waals surface area contributed by atoms with E-state index in [9.17, 15) is 37.7 Å². The van der Waals surface area contributed by atoms with Gasteiger partial charge in [0.25, 0.3) is 5.91 Å². The third-order valence-electron chi connectivity index (χ3n) is 4.49. The van der Waals surface area contributed by atoms with Crippen molar-refractivity contribution in [3.63, 3.8) is 0 Å². The smallest absolute Gasteiger partial charge is 0.416 e. The Balaban J connectivity index is 1.90. The van der Waals surface area contributed by atoms with E-state index < -0.39 is 39.8 Å². The normalized spacial score (nSPS) is 11.5. The molecular weight excluding hydrogens is 618 g/mol. The molecule has 0 saturated heterocycles. The number of alkyl halides is 3. The summed E-state index contributed by atoms with van der Waals surface area (Å²) in [6, 6.07) is 11.4. The van der Waals surface area contributed by atoms with Gasteiger partial charge < -0.3 is 10.1 Å². The lowest BCUT2D eigenvalue weighted by Crippen LogP contribution is -2.13. The number of nitro groups is 1. The lowest BCUT2D eigenvalue weighted by Gasteiger charge is -2.13. The molecule has 0 aliphatic carbocycles. The Bertz CT molecular complexity index is 1400. The molecule has 0 fully saturated rings. The summed E-state index contributed by atoms with van der Waals surface area (Å²) >= 11 is 6.44. The van der Waals surface area contributed by atoms with Crippen molar-refractivity contribution in [1.29, 1.82) is 5.26 Å². The summed E-state index contributed by atoms with van der Waals surface area (Å²) in [7, 11) is 0. The van der Waals surface area contributed by atoms with Crippen molar-refractivity contribution in [2.45, 2.75) is 6.18 Å². The van der Waals surface area contributed by atoms with Crippen molar-refractivity contribution in [2.24, 2.45) is 0 Å². The molecule has 13 heteroatoms. The van der Waals surface area contributed by atoms with Gasteiger partial charge >= 0.3 is 11.9 Å². The zero-order valence-corrected chi connectivity index (χ0v) is 20.7. The molecule has 3 aromatic rings. The second-order valence-electron chi connectivity index (χ2n) is 6.98. The highest BCUT2D eigenvalue weighted by Crippen LogP contribution is 2.42. The van der Waals surface area contributed by atoms with Crippen LogP contribution in [0.1, 0.15) is 11.1 Å². The van der Waals surface area contributed by atoms with E-state index in [0.29, 0.717) is 17.7 Å². The first-order valence-electron chi connectivity index (χ1n) is 9.60. The molecule has 0 radical (unpaired) electrons. The summed E-state index contributed by atoms with van der Waals surface area (Å²) in [5.74, 6) is -1.68. The molecule has 36 heavy (non-hydrogen) atoms.